The average molecular weight is 253 g/mol. The number of ether oxygens (including phenoxy) is 1. The summed E-state index contributed by atoms with van der Waals surface area (Å²) < 4.78 is 4.96. The lowest BCUT2D eigenvalue weighted by atomic mass is 10.2. The molecule has 0 fully saturated rings. The van der Waals surface area contributed by atoms with Crippen LogP contribution in [0.1, 0.15) is 24.2 Å². The maximum Gasteiger partial charge on any atom is 0.340 e. The van der Waals surface area contributed by atoms with Gasteiger partial charge < -0.3 is 10.5 Å². The molecule has 0 bridgehead atoms. The predicted molar refractivity (Wildman–Crippen MR) is 66.9 cm³/mol. The zero-order valence-electron chi connectivity index (χ0n) is 9.80. The molecule has 0 aromatic heterocycles. The SMILES string of the molecule is CCSc1ccccc1C(=O)O[C@@H](C)C(N)=O. The largest absolute Gasteiger partial charge is 0.449 e. The third-order valence-corrected chi connectivity index (χ3v) is 3.05. The number of nitrogens with two attached hydrogens (primary N) is 1. The van der Waals surface area contributed by atoms with E-state index in [0.29, 0.717) is 5.56 Å². The minimum Gasteiger partial charge on any atom is -0.449 e. The maximum absolute atomic E-state index is 11.8. The molecule has 1 amide bonds. The first-order valence-electron chi connectivity index (χ1n) is 5.28. The number of benzene rings is 1. The Balaban J connectivity index is 2.84. The summed E-state index contributed by atoms with van der Waals surface area (Å²) in [6, 6.07) is 7.13. The third-order valence-electron chi connectivity index (χ3n) is 2.09. The Bertz CT molecular complexity index is 420. The van der Waals surface area contributed by atoms with Crippen LogP contribution in [0, 0.1) is 0 Å². The van der Waals surface area contributed by atoms with Gasteiger partial charge >= 0.3 is 5.97 Å². The Hall–Kier alpha value is -1.49. The molecule has 0 heterocycles. The number of carbonyl (C=O) groups excluding carboxylic acids is 2. The lowest BCUT2D eigenvalue weighted by molar-refractivity contribution is -0.125. The normalized spacial score (nSPS) is 11.9. The van der Waals surface area contributed by atoms with E-state index in [9.17, 15) is 9.59 Å². The molecule has 0 radical (unpaired) electrons. The highest BCUT2D eigenvalue weighted by Crippen LogP contribution is 2.23. The molecule has 2 N–H and O–H groups in total. The molecule has 92 valence electrons. The number of esters is 1. The second kappa shape index (κ2) is 6.30. The molecule has 1 aromatic rings. The van der Waals surface area contributed by atoms with Gasteiger partial charge in [-0.3, -0.25) is 4.79 Å². The lowest BCUT2D eigenvalue weighted by Crippen LogP contribution is -2.30. The quantitative estimate of drug-likeness (QED) is 0.642. The van der Waals surface area contributed by atoms with E-state index in [1.54, 1.807) is 23.9 Å². The van der Waals surface area contributed by atoms with Crippen LogP contribution >= 0.6 is 11.8 Å². The number of amides is 1. The Labute approximate surface area is 105 Å². The second-order valence-electron chi connectivity index (χ2n) is 3.38. The Morgan fingerprint density at radius 1 is 1.41 bits per heavy atom. The van der Waals surface area contributed by atoms with Gasteiger partial charge in [0.25, 0.3) is 5.91 Å². The van der Waals surface area contributed by atoms with Gasteiger partial charge in [-0.15, -0.1) is 11.8 Å². The topological polar surface area (TPSA) is 69.4 Å². The summed E-state index contributed by atoms with van der Waals surface area (Å²) in [6.07, 6.45) is -0.915. The lowest BCUT2D eigenvalue weighted by Gasteiger charge is -2.11. The number of carbonyl (C=O) groups is 2. The molecule has 4 nitrogen and oxygen atoms in total. The number of hydrogen-bond donors (Lipinski definition) is 1. The van der Waals surface area contributed by atoms with Crippen molar-refractivity contribution < 1.29 is 14.3 Å². The average Bonchev–Trinajstić information content (AvgIpc) is 2.29. The smallest absolute Gasteiger partial charge is 0.340 e. The van der Waals surface area contributed by atoms with E-state index < -0.39 is 18.0 Å². The third kappa shape index (κ3) is 3.78. The van der Waals surface area contributed by atoms with Gasteiger partial charge in [0.1, 0.15) is 0 Å². The van der Waals surface area contributed by atoms with Gasteiger partial charge in [-0.25, -0.2) is 4.79 Å². The number of hydrogen-bond acceptors (Lipinski definition) is 4. The van der Waals surface area contributed by atoms with Gasteiger partial charge in [0, 0.05) is 4.90 Å². The summed E-state index contributed by atoms with van der Waals surface area (Å²) in [4.78, 5) is 23.5. The van der Waals surface area contributed by atoms with E-state index >= 15 is 0 Å². The first kappa shape index (κ1) is 13.6. The molecule has 0 unspecified atom stereocenters. The van der Waals surface area contributed by atoms with Gasteiger partial charge in [0.05, 0.1) is 5.56 Å². The zero-order chi connectivity index (χ0) is 12.8. The maximum atomic E-state index is 11.8. The van der Waals surface area contributed by atoms with Gasteiger partial charge in [-0.2, -0.15) is 0 Å². The molecular weight excluding hydrogens is 238 g/mol. The van der Waals surface area contributed by atoms with Crippen molar-refractivity contribution in [1.29, 1.82) is 0 Å². The summed E-state index contributed by atoms with van der Waals surface area (Å²) in [6.45, 7) is 3.45. The van der Waals surface area contributed by atoms with E-state index in [1.807, 2.05) is 19.1 Å². The van der Waals surface area contributed by atoms with Crippen molar-refractivity contribution >= 4 is 23.6 Å². The molecular formula is C12H15NO3S. The van der Waals surface area contributed by atoms with Crippen LogP contribution in [0.5, 0.6) is 0 Å². The van der Waals surface area contributed by atoms with Crippen LogP contribution in [0.2, 0.25) is 0 Å². The highest BCUT2D eigenvalue weighted by molar-refractivity contribution is 7.99. The Kier molecular flexibility index (Phi) is 5.03. The fourth-order valence-corrected chi connectivity index (χ4v) is 1.99. The Morgan fingerprint density at radius 2 is 2.06 bits per heavy atom. The van der Waals surface area contributed by atoms with Crippen LogP contribution in [-0.4, -0.2) is 23.7 Å². The van der Waals surface area contributed by atoms with Gasteiger partial charge in [-0.1, -0.05) is 19.1 Å². The van der Waals surface area contributed by atoms with E-state index in [-0.39, 0.29) is 0 Å². The van der Waals surface area contributed by atoms with Crippen molar-refractivity contribution in [2.45, 2.75) is 24.8 Å². The summed E-state index contributed by atoms with van der Waals surface area (Å²) in [5.74, 6) is -0.317. The monoisotopic (exact) mass is 253 g/mol. The van der Waals surface area contributed by atoms with Crippen LogP contribution in [0.3, 0.4) is 0 Å². The van der Waals surface area contributed by atoms with Crippen molar-refractivity contribution in [3.63, 3.8) is 0 Å². The molecule has 0 saturated carbocycles. The van der Waals surface area contributed by atoms with Gasteiger partial charge in [0.15, 0.2) is 6.10 Å². The highest BCUT2D eigenvalue weighted by atomic mass is 32.2. The zero-order valence-corrected chi connectivity index (χ0v) is 10.6. The van der Waals surface area contributed by atoms with Crippen molar-refractivity contribution in [2.24, 2.45) is 5.73 Å². The van der Waals surface area contributed by atoms with E-state index in [0.717, 1.165) is 10.6 Å². The van der Waals surface area contributed by atoms with E-state index in [1.165, 1.54) is 6.92 Å². The molecule has 17 heavy (non-hydrogen) atoms. The first-order chi connectivity index (χ1) is 8.06. The molecule has 1 aromatic carbocycles. The predicted octanol–water partition coefficient (Wildman–Crippen LogP) is 1.83. The van der Waals surface area contributed by atoms with E-state index in [2.05, 4.69) is 0 Å². The van der Waals surface area contributed by atoms with Crippen LogP contribution in [0.25, 0.3) is 0 Å². The molecule has 0 aliphatic carbocycles. The summed E-state index contributed by atoms with van der Waals surface area (Å²) in [7, 11) is 0. The first-order valence-corrected chi connectivity index (χ1v) is 6.27. The fourth-order valence-electron chi connectivity index (χ4n) is 1.20. The standard InChI is InChI=1S/C12H15NO3S/c1-3-17-10-7-5-4-6-9(10)12(15)16-8(2)11(13)14/h4-8H,3H2,1-2H3,(H2,13,14)/t8-/m0/s1. The van der Waals surface area contributed by atoms with Gasteiger partial charge in [0.2, 0.25) is 0 Å². The van der Waals surface area contributed by atoms with Gasteiger partial charge in [-0.05, 0) is 24.8 Å². The summed E-state index contributed by atoms with van der Waals surface area (Å²) >= 11 is 1.55. The molecule has 0 spiro atoms. The van der Waals surface area contributed by atoms with Crippen molar-refractivity contribution in [1.82, 2.24) is 0 Å². The van der Waals surface area contributed by atoms with Crippen LogP contribution in [0.4, 0.5) is 0 Å². The Morgan fingerprint density at radius 3 is 2.65 bits per heavy atom. The fraction of sp³-hybridized carbons (Fsp3) is 0.333. The van der Waals surface area contributed by atoms with Crippen LogP contribution in [-0.2, 0) is 9.53 Å². The van der Waals surface area contributed by atoms with E-state index in [4.69, 9.17) is 10.5 Å². The molecule has 0 aliphatic heterocycles. The molecule has 5 heteroatoms. The van der Waals surface area contributed by atoms with Crippen molar-refractivity contribution in [2.75, 3.05) is 5.75 Å². The molecule has 1 rings (SSSR count). The molecule has 0 aliphatic rings. The van der Waals surface area contributed by atoms with Crippen molar-refractivity contribution in [3.05, 3.63) is 29.8 Å². The molecule has 1 atom stereocenters. The summed E-state index contributed by atoms with van der Waals surface area (Å²) in [5, 5.41) is 0. The minimum absolute atomic E-state index is 0.465. The highest BCUT2D eigenvalue weighted by Gasteiger charge is 2.18. The number of primary amides is 1. The van der Waals surface area contributed by atoms with Crippen LogP contribution in [0.15, 0.2) is 29.2 Å². The summed E-state index contributed by atoms with van der Waals surface area (Å²) in [5.41, 5.74) is 5.50. The number of rotatable bonds is 5. The molecule has 0 saturated heterocycles. The second-order valence-corrected chi connectivity index (χ2v) is 4.68. The van der Waals surface area contributed by atoms with Crippen LogP contribution < -0.4 is 5.73 Å². The van der Waals surface area contributed by atoms with Crippen molar-refractivity contribution in [3.8, 4) is 0 Å². The minimum atomic E-state index is -0.915. The number of thioether (sulfide) groups is 1.